The molecule has 1 aromatic carbocycles. The fourth-order valence-corrected chi connectivity index (χ4v) is 2.76. The minimum Gasteiger partial charge on any atom is -0.466 e. The van der Waals surface area contributed by atoms with E-state index in [0.29, 0.717) is 18.1 Å². The molecule has 1 amide bonds. The monoisotopic (exact) mass is 323 g/mol. The number of esters is 1. The lowest BCUT2D eigenvalue weighted by Gasteiger charge is -2.16. The Kier molecular flexibility index (Phi) is 5.57. The highest BCUT2D eigenvalue weighted by Crippen LogP contribution is 2.33. The number of nitrogens with zero attached hydrogens (tertiary/aromatic N) is 1. The van der Waals surface area contributed by atoms with Gasteiger partial charge in [0.25, 0.3) is 0 Å². The van der Waals surface area contributed by atoms with Crippen LogP contribution in [0, 0.1) is 5.92 Å². The molecule has 1 aliphatic heterocycles. The third-order valence-electron chi connectivity index (χ3n) is 3.85. The smallest absolute Gasteiger partial charge is 0.330 e. The van der Waals surface area contributed by atoms with Gasteiger partial charge in [-0.15, -0.1) is 0 Å². The Bertz CT molecular complexity index is 570. The number of ether oxygens (including phenoxy) is 1. The van der Waals surface area contributed by atoms with Crippen molar-refractivity contribution in [3.8, 4) is 0 Å². The van der Waals surface area contributed by atoms with E-state index in [0.717, 1.165) is 11.6 Å². The molecule has 0 aliphatic carbocycles. The van der Waals surface area contributed by atoms with Crippen LogP contribution in [-0.4, -0.2) is 48.7 Å². The van der Waals surface area contributed by atoms with Crippen molar-refractivity contribution in [2.45, 2.75) is 5.92 Å². The van der Waals surface area contributed by atoms with E-state index in [1.54, 1.807) is 17.0 Å². The number of methoxy groups -OCH3 is 1. The Balaban J connectivity index is 2.08. The number of hydrogen-bond donors (Lipinski definition) is 1. The number of halogens is 1. The zero-order valence-corrected chi connectivity index (χ0v) is 13.0. The summed E-state index contributed by atoms with van der Waals surface area (Å²) in [5.74, 6) is -0.810. The molecular formula is C16H18ClNO4. The van der Waals surface area contributed by atoms with Crippen LogP contribution < -0.4 is 0 Å². The lowest BCUT2D eigenvalue weighted by molar-refractivity contribution is -0.135. The Morgan fingerprint density at radius 1 is 1.32 bits per heavy atom. The third kappa shape index (κ3) is 3.87. The highest BCUT2D eigenvalue weighted by molar-refractivity contribution is 6.30. The molecule has 0 radical (unpaired) electrons. The Hall–Kier alpha value is -1.85. The summed E-state index contributed by atoms with van der Waals surface area (Å²) in [6.45, 7) is 0.948. The van der Waals surface area contributed by atoms with Crippen molar-refractivity contribution in [1.82, 2.24) is 4.90 Å². The predicted molar refractivity (Wildman–Crippen MR) is 82.5 cm³/mol. The summed E-state index contributed by atoms with van der Waals surface area (Å²) in [4.78, 5) is 24.7. The number of aliphatic hydroxyl groups excluding tert-OH is 1. The molecule has 1 fully saturated rings. The van der Waals surface area contributed by atoms with Gasteiger partial charge in [-0.1, -0.05) is 23.7 Å². The Morgan fingerprint density at radius 3 is 2.59 bits per heavy atom. The van der Waals surface area contributed by atoms with Crippen LogP contribution in [0.25, 0.3) is 0 Å². The van der Waals surface area contributed by atoms with Gasteiger partial charge in [0.15, 0.2) is 0 Å². The molecule has 118 valence electrons. The van der Waals surface area contributed by atoms with Crippen molar-refractivity contribution in [3.05, 3.63) is 47.0 Å². The predicted octanol–water partition coefficient (Wildman–Crippen LogP) is 1.60. The van der Waals surface area contributed by atoms with Crippen LogP contribution in [0.2, 0.25) is 5.02 Å². The number of carbonyl (C=O) groups excluding carboxylic acids is 2. The summed E-state index contributed by atoms with van der Waals surface area (Å²) in [6.07, 6.45) is 2.30. The molecule has 1 N–H and O–H groups in total. The van der Waals surface area contributed by atoms with Gasteiger partial charge in [0.1, 0.15) is 0 Å². The Morgan fingerprint density at radius 2 is 2.00 bits per heavy atom. The maximum atomic E-state index is 12.1. The van der Waals surface area contributed by atoms with E-state index in [1.807, 2.05) is 12.1 Å². The first-order valence-corrected chi connectivity index (χ1v) is 7.34. The van der Waals surface area contributed by atoms with E-state index in [2.05, 4.69) is 4.74 Å². The molecule has 1 aliphatic rings. The normalized spacial score (nSPS) is 21.3. The van der Waals surface area contributed by atoms with Gasteiger partial charge in [0.05, 0.1) is 7.11 Å². The summed E-state index contributed by atoms with van der Waals surface area (Å²) in [6, 6.07) is 7.42. The quantitative estimate of drug-likeness (QED) is 0.675. The summed E-state index contributed by atoms with van der Waals surface area (Å²) in [7, 11) is 1.26. The lowest BCUT2D eigenvalue weighted by atomic mass is 9.90. The van der Waals surface area contributed by atoms with E-state index < -0.39 is 5.97 Å². The molecule has 0 unspecified atom stereocenters. The number of rotatable bonds is 4. The average Bonchev–Trinajstić information content (AvgIpc) is 2.97. The van der Waals surface area contributed by atoms with E-state index in [1.165, 1.54) is 13.2 Å². The molecule has 0 aromatic heterocycles. The van der Waals surface area contributed by atoms with Crippen molar-refractivity contribution in [1.29, 1.82) is 0 Å². The fraction of sp³-hybridized carbons (Fsp3) is 0.375. The van der Waals surface area contributed by atoms with E-state index >= 15 is 0 Å². The first kappa shape index (κ1) is 16.5. The fourth-order valence-electron chi connectivity index (χ4n) is 2.64. The van der Waals surface area contributed by atoms with Crippen molar-refractivity contribution in [2.75, 3.05) is 26.8 Å². The van der Waals surface area contributed by atoms with E-state index in [4.69, 9.17) is 11.6 Å². The van der Waals surface area contributed by atoms with Crippen LogP contribution in [0.3, 0.4) is 0 Å². The maximum absolute atomic E-state index is 12.1. The van der Waals surface area contributed by atoms with E-state index in [9.17, 15) is 14.7 Å². The van der Waals surface area contributed by atoms with Gasteiger partial charge in [-0.25, -0.2) is 4.79 Å². The minimum atomic E-state index is -0.569. The molecule has 1 heterocycles. The molecule has 1 saturated heterocycles. The van der Waals surface area contributed by atoms with Gasteiger partial charge in [-0.2, -0.15) is 0 Å². The number of hydrogen-bond acceptors (Lipinski definition) is 4. The number of benzene rings is 1. The van der Waals surface area contributed by atoms with Crippen molar-refractivity contribution in [2.24, 2.45) is 5.92 Å². The van der Waals surface area contributed by atoms with Crippen molar-refractivity contribution >= 4 is 23.5 Å². The van der Waals surface area contributed by atoms with Gasteiger partial charge in [-0.05, 0) is 17.7 Å². The molecule has 1 aromatic rings. The van der Waals surface area contributed by atoms with Gasteiger partial charge >= 0.3 is 5.97 Å². The number of aliphatic hydroxyl groups is 1. The van der Waals surface area contributed by atoms with E-state index in [-0.39, 0.29) is 24.3 Å². The molecule has 5 nitrogen and oxygen atoms in total. The molecular weight excluding hydrogens is 306 g/mol. The summed E-state index contributed by atoms with van der Waals surface area (Å²) >= 11 is 5.89. The molecule has 22 heavy (non-hydrogen) atoms. The molecule has 6 heteroatoms. The Labute approximate surface area is 134 Å². The highest BCUT2D eigenvalue weighted by Gasteiger charge is 2.35. The van der Waals surface area contributed by atoms with Crippen molar-refractivity contribution in [3.63, 3.8) is 0 Å². The number of likely N-dealkylation sites (tertiary alicyclic amines) is 1. The summed E-state index contributed by atoms with van der Waals surface area (Å²) in [5, 5.41) is 10.2. The standard InChI is InChI=1S/C16H18ClNO4/c1-22-16(21)7-6-15(20)18-8-12(10-19)14(9-18)11-2-4-13(17)5-3-11/h2-7,12,14,19H,8-10H2,1H3/b7-6+/t12-,14-/m0/s1. The van der Waals surface area contributed by atoms with Gasteiger partial charge in [0, 0.05) is 48.7 Å². The zero-order valence-electron chi connectivity index (χ0n) is 12.2. The van der Waals surface area contributed by atoms with Crippen LogP contribution in [-0.2, 0) is 14.3 Å². The van der Waals surface area contributed by atoms with Gasteiger partial charge in [-0.3, -0.25) is 4.79 Å². The lowest BCUT2D eigenvalue weighted by Crippen LogP contribution is -2.27. The maximum Gasteiger partial charge on any atom is 0.330 e. The van der Waals surface area contributed by atoms with Crippen LogP contribution in [0.15, 0.2) is 36.4 Å². The number of amides is 1. The second-order valence-electron chi connectivity index (χ2n) is 5.20. The third-order valence-corrected chi connectivity index (χ3v) is 4.10. The van der Waals surface area contributed by atoms with Gasteiger partial charge < -0.3 is 14.7 Å². The topological polar surface area (TPSA) is 66.8 Å². The SMILES string of the molecule is COC(=O)/C=C/C(=O)N1C[C@@H](CO)[C@H](c2ccc(Cl)cc2)C1. The molecule has 0 spiro atoms. The summed E-state index contributed by atoms with van der Waals surface area (Å²) in [5.41, 5.74) is 1.04. The molecule has 2 rings (SSSR count). The van der Waals surface area contributed by atoms with Crippen LogP contribution in [0.1, 0.15) is 11.5 Å². The van der Waals surface area contributed by atoms with Gasteiger partial charge in [0.2, 0.25) is 5.91 Å². The molecule has 2 atom stereocenters. The number of carbonyl (C=O) groups is 2. The average molecular weight is 324 g/mol. The van der Waals surface area contributed by atoms with Crippen LogP contribution in [0.4, 0.5) is 0 Å². The minimum absolute atomic E-state index is 0.00219. The molecule has 0 bridgehead atoms. The first-order valence-electron chi connectivity index (χ1n) is 6.96. The molecule has 0 saturated carbocycles. The summed E-state index contributed by atoms with van der Waals surface area (Å²) < 4.78 is 4.46. The first-order chi connectivity index (χ1) is 10.5. The second kappa shape index (κ2) is 7.42. The highest BCUT2D eigenvalue weighted by atomic mass is 35.5. The van der Waals surface area contributed by atoms with Crippen molar-refractivity contribution < 1.29 is 19.4 Å². The van der Waals surface area contributed by atoms with Crippen LogP contribution >= 0.6 is 11.6 Å². The van der Waals surface area contributed by atoms with Crippen LogP contribution in [0.5, 0.6) is 0 Å². The zero-order chi connectivity index (χ0) is 16.1. The largest absolute Gasteiger partial charge is 0.466 e. The second-order valence-corrected chi connectivity index (χ2v) is 5.64.